The fourth-order valence-corrected chi connectivity index (χ4v) is 1.12. The van der Waals surface area contributed by atoms with Crippen molar-refractivity contribution in [2.75, 3.05) is 13.7 Å². The van der Waals surface area contributed by atoms with Gasteiger partial charge in [-0.3, -0.25) is 4.79 Å². The molecule has 0 aromatic heterocycles. The molecule has 2 N–H and O–H groups in total. The molecule has 0 fully saturated rings. The van der Waals surface area contributed by atoms with Crippen LogP contribution in [0.5, 0.6) is 0 Å². The minimum Gasteiger partial charge on any atom is -0.468 e. The molecule has 92 valence electrons. The van der Waals surface area contributed by atoms with Gasteiger partial charge in [-0.05, 0) is 17.7 Å². The first-order valence-electron chi connectivity index (χ1n) is 4.95. The minimum atomic E-state index is -0.536. The SMILES string of the molecule is COC(=O)CNC(=O)NCc1cccc(F)c1. The number of benzene rings is 1. The van der Waals surface area contributed by atoms with Gasteiger partial charge in [0.15, 0.2) is 0 Å². The Labute approximate surface area is 98.0 Å². The number of ether oxygens (including phenoxy) is 1. The highest BCUT2D eigenvalue weighted by Crippen LogP contribution is 2.02. The maximum atomic E-state index is 12.8. The zero-order valence-corrected chi connectivity index (χ0v) is 9.33. The quantitative estimate of drug-likeness (QED) is 0.765. The van der Waals surface area contributed by atoms with Gasteiger partial charge in [-0.25, -0.2) is 9.18 Å². The molecule has 1 rings (SSSR count). The van der Waals surface area contributed by atoms with Crippen LogP contribution in [0.4, 0.5) is 9.18 Å². The van der Waals surface area contributed by atoms with Crippen LogP contribution in [0.15, 0.2) is 24.3 Å². The second-order valence-electron chi connectivity index (χ2n) is 3.24. The van der Waals surface area contributed by atoms with Crippen molar-refractivity contribution in [2.24, 2.45) is 0 Å². The van der Waals surface area contributed by atoms with Crippen LogP contribution in [0.1, 0.15) is 5.56 Å². The van der Waals surface area contributed by atoms with Gasteiger partial charge in [-0.2, -0.15) is 0 Å². The molecule has 0 saturated heterocycles. The lowest BCUT2D eigenvalue weighted by Gasteiger charge is -2.06. The fourth-order valence-electron chi connectivity index (χ4n) is 1.12. The van der Waals surface area contributed by atoms with E-state index in [4.69, 9.17) is 0 Å². The van der Waals surface area contributed by atoms with Gasteiger partial charge in [0.05, 0.1) is 7.11 Å². The number of hydrogen-bond acceptors (Lipinski definition) is 3. The maximum absolute atomic E-state index is 12.8. The molecule has 1 aromatic carbocycles. The molecule has 0 atom stereocenters. The Morgan fingerprint density at radius 3 is 2.76 bits per heavy atom. The molecular formula is C11H13FN2O3. The summed E-state index contributed by atoms with van der Waals surface area (Å²) < 4.78 is 17.1. The number of esters is 1. The molecular weight excluding hydrogens is 227 g/mol. The van der Waals surface area contributed by atoms with Crippen LogP contribution in [0.2, 0.25) is 0 Å². The zero-order valence-electron chi connectivity index (χ0n) is 9.33. The molecule has 1 aromatic rings. The second-order valence-corrected chi connectivity index (χ2v) is 3.24. The number of halogens is 1. The van der Waals surface area contributed by atoms with Gasteiger partial charge in [-0.1, -0.05) is 12.1 Å². The van der Waals surface area contributed by atoms with Crippen molar-refractivity contribution in [2.45, 2.75) is 6.54 Å². The van der Waals surface area contributed by atoms with Crippen molar-refractivity contribution in [3.8, 4) is 0 Å². The van der Waals surface area contributed by atoms with Crippen molar-refractivity contribution in [3.63, 3.8) is 0 Å². The first-order valence-corrected chi connectivity index (χ1v) is 4.95. The van der Waals surface area contributed by atoms with Crippen LogP contribution < -0.4 is 10.6 Å². The van der Waals surface area contributed by atoms with Gasteiger partial charge < -0.3 is 15.4 Å². The van der Waals surface area contributed by atoms with Crippen LogP contribution in [0, 0.1) is 5.82 Å². The van der Waals surface area contributed by atoms with Crippen LogP contribution in [-0.4, -0.2) is 25.7 Å². The molecule has 6 heteroatoms. The first-order chi connectivity index (χ1) is 8.11. The number of carbonyl (C=O) groups is 2. The highest BCUT2D eigenvalue weighted by atomic mass is 19.1. The van der Waals surface area contributed by atoms with Crippen LogP contribution in [0.25, 0.3) is 0 Å². The highest BCUT2D eigenvalue weighted by Gasteiger charge is 2.04. The molecule has 0 heterocycles. The Morgan fingerprint density at radius 1 is 1.35 bits per heavy atom. The number of urea groups is 1. The minimum absolute atomic E-state index is 0.185. The third kappa shape index (κ3) is 4.96. The normalized spacial score (nSPS) is 9.53. The van der Waals surface area contributed by atoms with E-state index in [0.717, 1.165) is 0 Å². The summed E-state index contributed by atoms with van der Waals surface area (Å²) in [5.74, 6) is -0.898. The van der Waals surface area contributed by atoms with E-state index in [-0.39, 0.29) is 18.9 Å². The molecule has 0 radical (unpaired) electrons. The summed E-state index contributed by atoms with van der Waals surface area (Å²) in [7, 11) is 1.23. The number of methoxy groups -OCH3 is 1. The summed E-state index contributed by atoms with van der Waals surface area (Å²) >= 11 is 0. The van der Waals surface area contributed by atoms with Crippen molar-refractivity contribution >= 4 is 12.0 Å². The lowest BCUT2D eigenvalue weighted by molar-refractivity contribution is -0.139. The number of carbonyl (C=O) groups excluding carboxylic acids is 2. The van der Waals surface area contributed by atoms with Crippen LogP contribution in [0.3, 0.4) is 0 Å². The summed E-state index contributed by atoms with van der Waals surface area (Å²) in [4.78, 5) is 21.9. The van der Waals surface area contributed by atoms with E-state index in [9.17, 15) is 14.0 Å². The van der Waals surface area contributed by atoms with E-state index in [2.05, 4.69) is 15.4 Å². The number of amides is 2. The molecule has 0 saturated carbocycles. The molecule has 0 spiro atoms. The van der Waals surface area contributed by atoms with Gasteiger partial charge in [0.25, 0.3) is 0 Å². The Hall–Kier alpha value is -2.11. The largest absolute Gasteiger partial charge is 0.468 e. The van der Waals surface area contributed by atoms with E-state index in [1.54, 1.807) is 12.1 Å². The Bertz CT molecular complexity index is 409. The molecule has 0 aliphatic rings. The summed E-state index contributed by atoms with van der Waals surface area (Å²) in [6.45, 7) is -0.0176. The smallest absolute Gasteiger partial charge is 0.325 e. The number of rotatable bonds is 4. The Balaban J connectivity index is 2.31. The Kier molecular flexibility index (Phi) is 4.93. The lowest BCUT2D eigenvalue weighted by atomic mass is 10.2. The topological polar surface area (TPSA) is 67.4 Å². The van der Waals surface area contributed by atoms with Gasteiger partial charge in [0.2, 0.25) is 0 Å². The summed E-state index contributed by atoms with van der Waals surface area (Å²) in [6.07, 6.45) is 0. The summed E-state index contributed by atoms with van der Waals surface area (Å²) in [6, 6.07) is 5.36. The van der Waals surface area contributed by atoms with E-state index >= 15 is 0 Å². The standard InChI is InChI=1S/C11H13FN2O3/c1-17-10(15)7-14-11(16)13-6-8-3-2-4-9(12)5-8/h2-5H,6-7H2,1H3,(H2,13,14,16). The van der Waals surface area contributed by atoms with Crippen molar-refractivity contribution < 1.29 is 18.7 Å². The summed E-state index contributed by atoms with van der Waals surface area (Å²) in [5, 5.41) is 4.78. The predicted octanol–water partition coefficient (Wildman–Crippen LogP) is 0.798. The monoisotopic (exact) mass is 240 g/mol. The maximum Gasteiger partial charge on any atom is 0.325 e. The van der Waals surface area contributed by atoms with E-state index in [1.165, 1.54) is 19.2 Å². The van der Waals surface area contributed by atoms with Gasteiger partial charge in [0, 0.05) is 6.54 Å². The molecule has 0 unspecified atom stereocenters. The van der Waals surface area contributed by atoms with Gasteiger partial charge in [0.1, 0.15) is 12.4 Å². The average Bonchev–Trinajstić information content (AvgIpc) is 2.33. The van der Waals surface area contributed by atoms with E-state index in [0.29, 0.717) is 5.56 Å². The van der Waals surface area contributed by atoms with Crippen LogP contribution in [-0.2, 0) is 16.1 Å². The lowest BCUT2D eigenvalue weighted by Crippen LogP contribution is -2.38. The fraction of sp³-hybridized carbons (Fsp3) is 0.273. The third-order valence-corrected chi connectivity index (χ3v) is 1.96. The molecule has 0 bridgehead atoms. The molecule has 5 nitrogen and oxygen atoms in total. The van der Waals surface area contributed by atoms with Crippen molar-refractivity contribution in [3.05, 3.63) is 35.6 Å². The predicted molar refractivity (Wildman–Crippen MR) is 58.7 cm³/mol. The molecule has 0 aliphatic heterocycles. The van der Waals surface area contributed by atoms with Crippen LogP contribution >= 0.6 is 0 Å². The molecule has 0 aliphatic carbocycles. The van der Waals surface area contributed by atoms with E-state index in [1.807, 2.05) is 0 Å². The van der Waals surface area contributed by atoms with E-state index < -0.39 is 12.0 Å². The second kappa shape index (κ2) is 6.47. The Morgan fingerprint density at radius 2 is 2.12 bits per heavy atom. The van der Waals surface area contributed by atoms with Crippen molar-refractivity contribution in [1.82, 2.24) is 10.6 Å². The highest BCUT2D eigenvalue weighted by molar-refractivity contribution is 5.80. The number of nitrogens with one attached hydrogen (secondary N) is 2. The third-order valence-electron chi connectivity index (χ3n) is 1.96. The average molecular weight is 240 g/mol. The van der Waals surface area contributed by atoms with Crippen molar-refractivity contribution in [1.29, 1.82) is 0 Å². The summed E-state index contributed by atoms with van der Waals surface area (Å²) in [5.41, 5.74) is 0.637. The van der Waals surface area contributed by atoms with Gasteiger partial charge >= 0.3 is 12.0 Å². The molecule has 2 amide bonds. The molecule has 17 heavy (non-hydrogen) atoms. The number of hydrogen-bond donors (Lipinski definition) is 2. The zero-order chi connectivity index (χ0) is 12.7. The first kappa shape index (κ1) is 13.0. The van der Waals surface area contributed by atoms with Gasteiger partial charge in [-0.15, -0.1) is 0 Å².